The van der Waals surface area contributed by atoms with Crippen LogP contribution in [0, 0.1) is 0 Å². The Morgan fingerprint density at radius 3 is 2.48 bits per heavy atom. The van der Waals surface area contributed by atoms with E-state index >= 15 is 0 Å². The molecule has 1 aliphatic rings. The number of carbonyl (C=O) groups is 2. The zero-order valence-electron chi connectivity index (χ0n) is 14.9. The minimum Gasteiger partial charge on any atom is -0.363 e. The van der Waals surface area contributed by atoms with Gasteiger partial charge in [-0.05, 0) is 49.0 Å². The first-order chi connectivity index (χ1) is 13.0. The van der Waals surface area contributed by atoms with Crippen molar-refractivity contribution in [1.82, 2.24) is 10.2 Å². The van der Waals surface area contributed by atoms with E-state index < -0.39 is 6.04 Å². The van der Waals surface area contributed by atoms with E-state index in [-0.39, 0.29) is 18.2 Å². The van der Waals surface area contributed by atoms with Crippen molar-refractivity contribution in [3.63, 3.8) is 0 Å². The largest absolute Gasteiger partial charge is 0.363 e. The molecule has 1 fully saturated rings. The average molecular weight is 402 g/mol. The summed E-state index contributed by atoms with van der Waals surface area (Å²) in [6.45, 7) is 2.98. The number of carbonyl (C=O) groups excluding carboxylic acids is 2. The minimum atomic E-state index is -0.639. The Morgan fingerprint density at radius 2 is 1.85 bits per heavy atom. The monoisotopic (exact) mass is 401 g/mol. The molecule has 1 N–H and O–H groups in total. The van der Waals surface area contributed by atoms with Gasteiger partial charge in [-0.25, -0.2) is 4.90 Å². The van der Waals surface area contributed by atoms with Gasteiger partial charge < -0.3 is 10.2 Å². The van der Waals surface area contributed by atoms with Crippen LogP contribution in [0.3, 0.4) is 0 Å². The van der Waals surface area contributed by atoms with Crippen LogP contribution in [0.15, 0.2) is 54.6 Å². The van der Waals surface area contributed by atoms with Crippen molar-refractivity contribution in [3.8, 4) is 0 Å². The maximum atomic E-state index is 13.1. The maximum Gasteiger partial charge on any atom is 0.257 e. The van der Waals surface area contributed by atoms with E-state index in [0.717, 1.165) is 5.56 Å². The van der Waals surface area contributed by atoms with Crippen molar-refractivity contribution in [1.29, 1.82) is 0 Å². The molecule has 3 rings (SSSR count). The number of rotatable bonds is 5. The van der Waals surface area contributed by atoms with Gasteiger partial charge in [-0.3, -0.25) is 9.59 Å². The molecular weight excluding hydrogens is 382 g/mol. The molecule has 5 nitrogen and oxygen atoms in total. The fourth-order valence-electron chi connectivity index (χ4n) is 3.07. The number of hydrogen-bond acceptors (Lipinski definition) is 3. The average Bonchev–Trinajstić information content (AvgIpc) is 2.96. The number of hydrogen-bond donors (Lipinski definition) is 1. The second-order valence-electron chi connectivity index (χ2n) is 6.21. The summed E-state index contributed by atoms with van der Waals surface area (Å²) in [7, 11) is 0. The standard InChI is InChI=1S/C20H20ClN3O2S/c1-2-22-20(27)23(13-14-8-10-15(21)11-9-14)17-12-18(25)24(19(17)26)16-6-4-3-5-7-16/h3-11,17H,2,12-13H2,1H3,(H,22,27)/t17-/m1/s1. The van der Waals surface area contributed by atoms with Gasteiger partial charge in [0.2, 0.25) is 5.91 Å². The first-order valence-corrected chi connectivity index (χ1v) is 9.50. The Morgan fingerprint density at radius 1 is 1.19 bits per heavy atom. The SMILES string of the molecule is CCNC(=S)N(Cc1ccc(Cl)cc1)[C@@H]1CC(=O)N(c2ccccc2)C1=O. The molecule has 1 atom stereocenters. The Balaban J connectivity index is 1.87. The lowest BCUT2D eigenvalue weighted by Crippen LogP contribution is -2.49. The second-order valence-corrected chi connectivity index (χ2v) is 7.04. The highest BCUT2D eigenvalue weighted by Crippen LogP contribution is 2.26. The van der Waals surface area contributed by atoms with Gasteiger partial charge in [0.15, 0.2) is 5.11 Å². The summed E-state index contributed by atoms with van der Waals surface area (Å²) in [6, 6.07) is 15.7. The van der Waals surface area contributed by atoms with Crippen molar-refractivity contribution < 1.29 is 9.59 Å². The van der Waals surface area contributed by atoms with Crippen LogP contribution in [0.2, 0.25) is 5.02 Å². The number of nitrogens with zero attached hydrogens (tertiary/aromatic N) is 2. The predicted octanol–water partition coefficient (Wildman–Crippen LogP) is 3.37. The van der Waals surface area contributed by atoms with E-state index in [0.29, 0.717) is 28.9 Å². The first-order valence-electron chi connectivity index (χ1n) is 8.72. The van der Waals surface area contributed by atoms with Gasteiger partial charge in [-0.1, -0.05) is 41.9 Å². The van der Waals surface area contributed by atoms with E-state index in [1.165, 1.54) is 4.90 Å². The van der Waals surface area contributed by atoms with Gasteiger partial charge in [-0.2, -0.15) is 0 Å². The molecule has 0 spiro atoms. The Labute approximate surface area is 168 Å². The second kappa shape index (κ2) is 8.50. The summed E-state index contributed by atoms with van der Waals surface area (Å²) < 4.78 is 0. The number of amides is 2. The lowest BCUT2D eigenvalue weighted by atomic mass is 10.1. The fraction of sp³-hybridized carbons (Fsp3) is 0.250. The Kier molecular flexibility index (Phi) is 6.08. The van der Waals surface area contributed by atoms with Crippen LogP contribution >= 0.6 is 23.8 Å². The maximum absolute atomic E-state index is 13.1. The summed E-state index contributed by atoms with van der Waals surface area (Å²) in [5.41, 5.74) is 1.54. The molecule has 0 saturated carbocycles. The molecule has 2 amide bonds. The lowest BCUT2D eigenvalue weighted by molar-refractivity contribution is -0.122. The van der Waals surface area contributed by atoms with Gasteiger partial charge >= 0.3 is 0 Å². The van der Waals surface area contributed by atoms with Gasteiger partial charge in [0.25, 0.3) is 5.91 Å². The summed E-state index contributed by atoms with van der Waals surface area (Å²) in [6.07, 6.45) is 0.0901. The molecule has 0 aromatic heterocycles. The van der Waals surface area contributed by atoms with Crippen molar-refractivity contribution in [2.24, 2.45) is 0 Å². The molecule has 7 heteroatoms. The van der Waals surface area contributed by atoms with Crippen molar-refractivity contribution >= 4 is 46.4 Å². The Hall–Kier alpha value is -2.44. The highest BCUT2D eigenvalue weighted by atomic mass is 35.5. The molecule has 27 heavy (non-hydrogen) atoms. The van der Waals surface area contributed by atoms with Crippen LogP contribution in [-0.4, -0.2) is 34.4 Å². The summed E-state index contributed by atoms with van der Waals surface area (Å²) in [4.78, 5) is 28.7. The van der Waals surface area contributed by atoms with E-state index in [9.17, 15) is 9.59 Å². The van der Waals surface area contributed by atoms with Crippen molar-refractivity contribution in [2.75, 3.05) is 11.4 Å². The number of imide groups is 1. The lowest BCUT2D eigenvalue weighted by Gasteiger charge is -2.30. The molecule has 2 aromatic rings. The van der Waals surface area contributed by atoms with Crippen LogP contribution < -0.4 is 10.2 Å². The molecule has 0 bridgehead atoms. The van der Waals surface area contributed by atoms with Crippen LogP contribution in [0.1, 0.15) is 18.9 Å². The normalized spacial score (nSPS) is 16.5. The van der Waals surface area contributed by atoms with Gasteiger partial charge in [-0.15, -0.1) is 0 Å². The van der Waals surface area contributed by atoms with Crippen LogP contribution in [0.5, 0.6) is 0 Å². The van der Waals surface area contributed by atoms with Crippen molar-refractivity contribution in [2.45, 2.75) is 25.9 Å². The van der Waals surface area contributed by atoms with Crippen molar-refractivity contribution in [3.05, 3.63) is 65.2 Å². The molecule has 0 unspecified atom stereocenters. The number of benzene rings is 2. The fourth-order valence-corrected chi connectivity index (χ4v) is 3.53. The molecule has 0 radical (unpaired) electrons. The third kappa shape index (κ3) is 4.28. The zero-order chi connectivity index (χ0) is 19.4. The third-order valence-electron chi connectivity index (χ3n) is 4.37. The van der Waals surface area contributed by atoms with E-state index in [2.05, 4.69) is 5.32 Å². The highest BCUT2D eigenvalue weighted by Gasteiger charge is 2.43. The van der Waals surface area contributed by atoms with E-state index in [1.807, 2.05) is 25.1 Å². The highest BCUT2D eigenvalue weighted by molar-refractivity contribution is 7.80. The molecule has 1 saturated heterocycles. The minimum absolute atomic E-state index is 0.0901. The number of para-hydroxylation sites is 1. The molecule has 140 valence electrons. The number of anilines is 1. The summed E-state index contributed by atoms with van der Waals surface area (Å²) in [5.74, 6) is -0.489. The molecule has 1 aliphatic heterocycles. The zero-order valence-corrected chi connectivity index (χ0v) is 16.5. The van der Waals surface area contributed by atoms with Gasteiger partial charge in [0.1, 0.15) is 6.04 Å². The molecule has 0 aliphatic carbocycles. The summed E-state index contributed by atoms with van der Waals surface area (Å²) >= 11 is 11.4. The predicted molar refractivity (Wildman–Crippen MR) is 111 cm³/mol. The Bertz CT molecular complexity index is 842. The van der Waals surface area contributed by atoms with Crippen LogP contribution in [-0.2, 0) is 16.1 Å². The number of nitrogens with one attached hydrogen (secondary N) is 1. The van der Waals surface area contributed by atoms with E-state index in [1.54, 1.807) is 41.3 Å². The van der Waals surface area contributed by atoms with Gasteiger partial charge in [0, 0.05) is 18.1 Å². The smallest absolute Gasteiger partial charge is 0.257 e. The quantitative estimate of drug-likeness (QED) is 0.615. The van der Waals surface area contributed by atoms with Crippen LogP contribution in [0.4, 0.5) is 5.69 Å². The van der Waals surface area contributed by atoms with Crippen LogP contribution in [0.25, 0.3) is 0 Å². The van der Waals surface area contributed by atoms with Gasteiger partial charge in [0.05, 0.1) is 12.1 Å². The number of halogens is 1. The molecular formula is C20H20ClN3O2S. The van der Waals surface area contributed by atoms with E-state index in [4.69, 9.17) is 23.8 Å². The molecule has 1 heterocycles. The first kappa shape index (κ1) is 19.3. The third-order valence-corrected chi connectivity index (χ3v) is 5.00. The number of thiocarbonyl (C=S) groups is 1. The summed E-state index contributed by atoms with van der Waals surface area (Å²) in [5, 5.41) is 4.19. The molecule has 2 aromatic carbocycles. The topological polar surface area (TPSA) is 52.7 Å².